The molecule has 0 atom stereocenters. The Bertz CT molecular complexity index is 1050. The Morgan fingerprint density at radius 3 is 2.59 bits per heavy atom. The predicted octanol–water partition coefficient (Wildman–Crippen LogP) is 3.97. The molecule has 2 aromatic heterocycles. The minimum Gasteiger partial charge on any atom is -0.456 e. The van der Waals surface area contributed by atoms with Gasteiger partial charge >= 0.3 is 11.5 Å². The van der Waals surface area contributed by atoms with Crippen LogP contribution in [0.15, 0.2) is 58.4 Å². The molecule has 0 aliphatic carbocycles. The Balaban J connectivity index is 1.71. The number of esters is 1. The molecule has 0 radical (unpaired) electrons. The molecule has 3 rings (SSSR count). The molecule has 27 heavy (non-hydrogen) atoms. The van der Waals surface area contributed by atoms with Crippen LogP contribution in [0.5, 0.6) is 0 Å². The van der Waals surface area contributed by atoms with Crippen molar-refractivity contribution in [2.75, 3.05) is 0 Å². The van der Waals surface area contributed by atoms with Crippen molar-refractivity contribution in [3.05, 3.63) is 75.8 Å². The highest BCUT2D eigenvalue weighted by Crippen LogP contribution is 2.36. The maximum atomic E-state index is 12.3. The molecule has 0 unspecified atom stereocenters. The van der Waals surface area contributed by atoms with Crippen LogP contribution in [-0.4, -0.2) is 20.9 Å². The van der Waals surface area contributed by atoms with Crippen molar-refractivity contribution in [1.82, 2.24) is 9.38 Å². The normalized spacial score (nSPS) is 11.6. The Labute approximate surface area is 155 Å². The first kappa shape index (κ1) is 19.0. The third-order valence-electron chi connectivity index (χ3n) is 3.61. The molecule has 1 aromatic carbocycles. The highest BCUT2D eigenvalue weighted by molar-refractivity contribution is 8.00. The van der Waals surface area contributed by atoms with Gasteiger partial charge in [-0.05, 0) is 54.6 Å². The monoisotopic (exact) mass is 394 g/mol. The molecule has 0 fully saturated rings. The fourth-order valence-electron chi connectivity index (χ4n) is 2.40. The summed E-state index contributed by atoms with van der Waals surface area (Å²) in [5.74, 6) is -0.717. The number of ether oxygens (including phenoxy) is 1. The number of nitrogens with zero attached hydrogens (tertiary/aromatic N) is 2. The number of thioether (sulfide) groups is 1. The van der Waals surface area contributed by atoms with E-state index >= 15 is 0 Å². The second kappa shape index (κ2) is 7.43. The number of hydrogen-bond acceptors (Lipinski definition) is 5. The van der Waals surface area contributed by atoms with E-state index < -0.39 is 11.5 Å². The van der Waals surface area contributed by atoms with E-state index in [1.165, 1.54) is 34.7 Å². The lowest BCUT2D eigenvalue weighted by molar-refractivity contribution is -0.0328. The van der Waals surface area contributed by atoms with Gasteiger partial charge in [0.15, 0.2) is 0 Å². The number of carbonyl (C=O) groups is 1. The molecule has 0 N–H and O–H groups in total. The van der Waals surface area contributed by atoms with Crippen LogP contribution in [-0.2, 0) is 11.3 Å². The number of rotatable bonds is 4. The summed E-state index contributed by atoms with van der Waals surface area (Å²) in [5.41, 5.74) is -3.05. The van der Waals surface area contributed by atoms with Crippen molar-refractivity contribution in [3.8, 4) is 0 Å². The zero-order chi connectivity index (χ0) is 19.6. The molecule has 9 heteroatoms. The number of aromatic nitrogens is 2. The summed E-state index contributed by atoms with van der Waals surface area (Å²) in [6.45, 7) is 1.58. The molecule has 0 bridgehead atoms. The van der Waals surface area contributed by atoms with Gasteiger partial charge < -0.3 is 4.74 Å². The second-order valence-corrected chi connectivity index (χ2v) is 6.76. The van der Waals surface area contributed by atoms with Gasteiger partial charge in [-0.3, -0.25) is 9.20 Å². The minimum absolute atomic E-state index is 0.0289. The maximum Gasteiger partial charge on any atom is 0.446 e. The summed E-state index contributed by atoms with van der Waals surface area (Å²) in [7, 11) is 0. The molecular weight excluding hydrogens is 381 g/mol. The third kappa shape index (κ3) is 4.68. The summed E-state index contributed by atoms with van der Waals surface area (Å²) < 4.78 is 43.5. The van der Waals surface area contributed by atoms with Crippen molar-refractivity contribution >= 4 is 23.4 Å². The summed E-state index contributed by atoms with van der Waals surface area (Å²) in [5, 5.41) is 0. The smallest absolute Gasteiger partial charge is 0.446 e. The molecule has 0 saturated heterocycles. The highest BCUT2D eigenvalue weighted by atomic mass is 32.2. The van der Waals surface area contributed by atoms with Crippen molar-refractivity contribution < 1.29 is 22.7 Å². The van der Waals surface area contributed by atoms with E-state index in [0.29, 0.717) is 5.65 Å². The van der Waals surface area contributed by atoms with Gasteiger partial charge in [-0.25, -0.2) is 9.78 Å². The SMILES string of the molecule is Cc1cccn2c(=O)cc(COC(=O)c3ccc(SC(F)(F)F)cc3)nc12. The van der Waals surface area contributed by atoms with Gasteiger partial charge in [0.05, 0.1) is 11.3 Å². The zero-order valence-corrected chi connectivity index (χ0v) is 14.8. The maximum absolute atomic E-state index is 12.3. The number of halogens is 3. The van der Waals surface area contributed by atoms with E-state index in [1.807, 2.05) is 0 Å². The fraction of sp³-hybridized carbons (Fsp3) is 0.167. The van der Waals surface area contributed by atoms with Crippen LogP contribution in [0.1, 0.15) is 21.6 Å². The molecule has 0 aliphatic rings. The fourth-order valence-corrected chi connectivity index (χ4v) is 2.94. The van der Waals surface area contributed by atoms with Gasteiger partial charge in [-0.1, -0.05) is 6.07 Å². The van der Waals surface area contributed by atoms with E-state index in [4.69, 9.17) is 4.74 Å². The van der Waals surface area contributed by atoms with Crippen LogP contribution < -0.4 is 5.56 Å². The van der Waals surface area contributed by atoms with Crippen LogP contribution >= 0.6 is 11.8 Å². The predicted molar refractivity (Wildman–Crippen MR) is 93.7 cm³/mol. The van der Waals surface area contributed by atoms with Gasteiger partial charge in [0.25, 0.3) is 5.56 Å². The average molecular weight is 394 g/mol. The zero-order valence-electron chi connectivity index (χ0n) is 14.0. The van der Waals surface area contributed by atoms with Gasteiger partial charge in [0.2, 0.25) is 0 Å². The summed E-state index contributed by atoms with van der Waals surface area (Å²) >= 11 is -0.264. The van der Waals surface area contributed by atoms with Crippen molar-refractivity contribution in [1.29, 1.82) is 0 Å². The highest BCUT2D eigenvalue weighted by Gasteiger charge is 2.29. The number of carbonyl (C=O) groups excluding carboxylic acids is 1. The van der Waals surface area contributed by atoms with Crippen molar-refractivity contribution in [3.63, 3.8) is 0 Å². The van der Waals surface area contributed by atoms with Crippen LogP contribution in [0.3, 0.4) is 0 Å². The second-order valence-electron chi connectivity index (χ2n) is 5.62. The lowest BCUT2D eigenvalue weighted by Crippen LogP contribution is -2.17. The Hall–Kier alpha value is -2.81. The number of hydrogen-bond donors (Lipinski definition) is 0. The first-order valence-electron chi connectivity index (χ1n) is 7.74. The Morgan fingerprint density at radius 2 is 1.93 bits per heavy atom. The summed E-state index contributed by atoms with van der Waals surface area (Å²) in [4.78, 5) is 28.5. The van der Waals surface area contributed by atoms with Crippen LogP contribution in [0.25, 0.3) is 5.65 Å². The average Bonchev–Trinajstić information content (AvgIpc) is 2.60. The number of fused-ring (bicyclic) bond motifs is 1. The van der Waals surface area contributed by atoms with Gasteiger partial charge in [0, 0.05) is 17.2 Å². The van der Waals surface area contributed by atoms with Crippen LogP contribution in [0, 0.1) is 6.92 Å². The number of alkyl halides is 3. The molecule has 2 heterocycles. The molecule has 0 spiro atoms. The minimum atomic E-state index is -4.39. The van der Waals surface area contributed by atoms with E-state index in [2.05, 4.69) is 4.98 Å². The lowest BCUT2D eigenvalue weighted by Gasteiger charge is -2.08. The molecule has 3 aromatic rings. The van der Waals surface area contributed by atoms with Crippen LogP contribution in [0.2, 0.25) is 0 Å². The Morgan fingerprint density at radius 1 is 1.22 bits per heavy atom. The van der Waals surface area contributed by atoms with E-state index in [1.54, 1.807) is 25.3 Å². The van der Waals surface area contributed by atoms with Crippen molar-refractivity contribution in [2.45, 2.75) is 23.9 Å². The number of aryl methyl sites for hydroxylation is 1. The number of benzene rings is 1. The quantitative estimate of drug-likeness (QED) is 0.495. The van der Waals surface area contributed by atoms with Gasteiger partial charge in [-0.15, -0.1) is 0 Å². The molecule has 5 nitrogen and oxygen atoms in total. The van der Waals surface area contributed by atoms with Gasteiger partial charge in [-0.2, -0.15) is 13.2 Å². The third-order valence-corrected chi connectivity index (χ3v) is 4.35. The van der Waals surface area contributed by atoms with Crippen molar-refractivity contribution in [2.24, 2.45) is 0 Å². The summed E-state index contributed by atoms with van der Waals surface area (Å²) in [6.07, 6.45) is 1.59. The Kier molecular flexibility index (Phi) is 5.22. The molecule has 0 saturated carbocycles. The van der Waals surface area contributed by atoms with E-state index in [0.717, 1.165) is 5.56 Å². The first-order valence-corrected chi connectivity index (χ1v) is 8.55. The standard InChI is InChI=1S/C18H13F3N2O3S/c1-11-3-2-8-23-15(24)9-13(22-16(11)23)10-26-17(25)12-4-6-14(7-5-12)27-18(19,20)21/h2-9H,10H2,1H3. The molecule has 140 valence electrons. The lowest BCUT2D eigenvalue weighted by atomic mass is 10.2. The first-order chi connectivity index (χ1) is 12.7. The van der Waals surface area contributed by atoms with Gasteiger partial charge in [0.1, 0.15) is 12.3 Å². The van der Waals surface area contributed by atoms with E-state index in [-0.39, 0.29) is 40.1 Å². The largest absolute Gasteiger partial charge is 0.456 e. The molecule has 0 aliphatic heterocycles. The molecule has 0 amide bonds. The topological polar surface area (TPSA) is 60.7 Å². The van der Waals surface area contributed by atoms with E-state index in [9.17, 15) is 22.8 Å². The molecular formula is C18H13F3N2O3S. The number of pyridine rings is 1. The summed E-state index contributed by atoms with van der Waals surface area (Å²) in [6, 6.07) is 9.69. The van der Waals surface area contributed by atoms with Crippen LogP contribution in [0.4, 0.5) is 13.2 Å².